The van der Waals surface area contributed by atoms with Crippen LogP contribution in [0.15, 0.2) is 18.3 Å². The molecule has 1 aliphatic rings. The van der Waals surface area contributed by atoms with Crippen LogP contribution in [-0.4, -0.2) is 24.0 Å². The van der Waals surface area contributed by atoms with Gasteiger partial charge in [0.15, 0.2) is 0 Å². The van der Waals surface area contributed by atoms with Gasteiger partial charge in [-0.05, 0) is 43.7 Å². The summed E-state index contributed by atoms with van der Waals surface area (Å²) in [5.41, 5.74) is 0.627. The summed E-state index contributed by atoms with van der Waals surface area (Å²) in [6.45, 7) is 5.71. The quantitative estimate of drug-likeness (QED) is 0.811. The molecule has 4 heteroatoms. The standard InChI is InChI=1S/C14H21N3O/c1-3-15-13-12(5-4-8-16-13)14(18)17-9-10(2)11-6-7-11/h4-5,8,10-11H,3,6-7,9H2,1-2H3,(H,15,16)(H,17,18). The van der Waals surface area contributed by atoms with E-state index >= 15 is 0 Å². The Labute approximate surface area is 108 Å². The Kier molecular flexibility index (Phi) is 4.18. The normalized spacial score (nSPS) is 16.1. The van der Waals surface area contributed by atoms with Crippen LogP contribution in [0.3, 0.4) is 0 Å². The van der Waals surface area contributed by atoms with Crippen molar-refractivity contribution in [2.75, 3.05) is 18.4 Å². The maximum absolute atomic E-state index is 12.1. The van der Waals surface area contributed by atoms with Crippen LogP contribution in [0.2, 0.25) is 0 Å². The molecule has 2 N–H and O–H groups in total. The van der Waals surface area contributed by atoms with E-state index in [1.54, 1.807) is 12.3 Å². The number of carbonyl (C=O) groups excluding carboxylic acids is 1. The van der Waals surface area contributed by atoms with Crippen LogP contribution in [0.4, 0.5) is 5.82 Å². The molecule has 1 heterocycles. The molecule has 0 bridgehead atoms. The Bertz CT molecular complexity index is 415. The van der Waals surface area contributed by atoms with Crippen LogP contribution in [-0.2, 0) is 0 Å². The number of pyridine rings is 1. The monoisotopic (exact) mass is 247 g/mol. The molecule has 2 rings (SSSR count). The first-order valence-corrected chi connectivity index (χ1v) is 6.69. The van der Waals surface area contributed by atoms with E-state index in [4.69, 9.17) is 0 Å². The van der Waals surface area contributed by atoms with E-state index in [-0.39, 0.29) is 5.91 Å². The van der Waals surface area contributed by atoms with Crippen LogP contribution in [0.1, 0.15) is 37.0 Å². The molecule has 0 spiro atoms. The van der Waals surface area contributed by atoms with Crippen molar-refractivity contribution in [1.82, 2.24) is 10.3 Å². The first-order valence-electron chi connectivity index (χ1n) is 6.69. The van der Waals surface area contributed by atoms with E-state index in [1.807, 2.05) is 13.0 Å². The summed E-state index contributed by atoms with van der Waals surface area (Å²) in [7, 11) is 0. The lowest BCUT2D eigenvalue weighted by Gasteiger charge is -2.13. The smallest absolute Gasteiger partial charge is 0.255 e. The first kappa shape index (κ1) is 12.9. The minimum absolute atomic E-state index is 0.0356. The molecule has 1 amide bonds. The van der Waals surface area contributed by atoms with Gasteiger partial charge in [-0.25, -0.2) is 4.98 Å². The van der Waals surface area contributed by atoms with Crippen molar-refractivity contribution in [2.24, 2.45) is 11.8 Å². The largest absolute Gasteiger partial charge is 0.370 e. The zero-order chi connectivity index (χ0) is 13.0. The Morgan fingerprint density at radius 3 is 3.00 bits per heavy atom. The van der Waals surface area contributed by atoms with Gasteiger partial charge < -0.3 is 10.6 Å². The van der Waals surface area contributed by atoms with Gasteiger partial charge in [0.2, 0.25) is 0 Å². The summed E-state index contributed by atoms with van der Waals surface area (Å²) in [6.07, 6.45) is 4.32. The van der Waals surface area contributed by atoms with Crippen LogP contribution < -0.4 is 10.6 Å². The minimum atomic E-state index is -0.0356. The topological polar surface area (TPSA) is 54.0 Å². The molecule has 0 aromatic carbocycles. The summed E-state index contributed by atoms with van der Waals surface area (Å²) >= 11 is 0. The third-order valence-corrected chi connectivity index (χ3v) is 3.41. The van der Waals surface area contributed by atoms with Gasteiger partial charge in [0.1, 0.15) is 5.82 Å². The van der Waals surface area contributed by atoms with E-state index in [9.17, 15) is 4.79 Å². The number of hydrogen-bond donors (Lipinski definition) is 2. The number of amides is 1. The zero-order valence-corrected chi connectivity index (χ0v) is 11.1. The summed E-state index contributed by atoms with van der Waals surface area (Å²) in [5, 5.41) is 6.11. The Balaban J connectivity index is 1.94. The van der Waals surface area contributed by atoms with Gasteiger partial charge in [-0.3, -0.25) is 4.79 Å². The summed E-state index contributed by atoms with van der Waals surface area (Å²) < 4.78 is 0. The van der Waals surface area contributed by atoms with E-state index in [0.717, 1.165) is 19.0 Å². The van der Waals surface area contributed by atoms with Gasteiger partial charge in [-0.2, -0.15) is 0 Å². The Morgan fingerprint density at radius 2 is 2.33 bits per heavy atom. The van der Waals surface area contributed by atoms with E-state index in [2.05, 4.69) is 22.5 Å². The molecular weight excluding hydrogens is 226 g/mol. The number of anilines is 1. The SMILES string of the molecule is CCNc1ncccc1C(=O)NCC(C)C1CC1. The molecule has 4 nitrogen and oxygen atoms in total. The van der Waals surface area contributed by atoms with Gasteiger partial charge in [0.25, 0.3) is 5.91 Å². The highest BCUT2D eigenvalue weighted by molar-refractivity contribution is 5.98. The van der Waals surface area contributed by atoms with Gasteiger partial charge in [0.05, 0.1) is 5.56 Å². The molecule has 1 atom stereocenters. The minimum Gasteiger partial charge on any atom is -0.370 e. The number of hydrogen-bond acceptors (Lipinski definition) is 3. The molecule has 1 saturated carbocycles. The number of nitrogens with one attached hydrogen (secondary N) is 2. The Morgan fingerprint density at radius 1 is 1.56 bits per heavy atom. The molecule has 1 unspecified atom stereocenters. The second kappa shape index (κ2) is 5.85. The number of rotatable bonds is 6. The van der Waals surface area contributed by atoms with Crippen LogP contribution in [0.5, 0.6) is 0 Å². The summed E-state index contributed by atoms with van der Waals surface area (Å²) in [5.74, 6) is 2.02. The van der Waals surface area contributed by atoms with E-state index in [0.29, 0.717) is 17.3 Å². The maximum atomic E-state index is 12.1. The predicted octanol–water partition coefficient (Wildman–Crippen LogP) is 2.29. The average Bonchev–Trinajstić information content (AvgIpc) is 3.21. The molecule has 0 radical (unpaired) electrons. The summed E-state index contributed by atoms with van der Waals surface area (Å²) in [4.78, 5) is 16.3. The van der Waals surface area contributed by atoms with Crippen molar-refractivity contribution in [1.29, 1.82) is 0 Å². The fourth-order valence-corrected chi connectivity index (χ4v) is 2.08. The number of carbonyl (C=O) groups is 1. The molecule has 18 heavy (non-hydrogen) atoms. The van der Waals surface area contributed by atoms with E-state index < -0.39 is 0 Å². The highest BCUT2D eigenvalue weighted by Crippen LogP contribution is 2.36. The second-order valence-electron chi connectivity index (χ2n) is 4.95. The molecule has 1 aliphatic carbocycles. The molecule has 0 saturated heterocycles. The van der Waals surface area contributed by atoms with Crippen LogP contribution in [0.25, 0.3) is 0 Å². The van der Waals surface area contributed by atoms with Gasteiger partial charge >= 0.3 is 0 Å². The number of aromatic nitrogens is 1. The fourth-order valence-electron chi connectivity index (χ4n) is 2.08. The average molecular weight is 247 g/mol. The molecule has 98 valence electrons. The van der Waals surface area contributed by atoms with Gasteiger partial charge in [0, 0.05) is 19.3 Å². The van der Waals surface area contributed by atoms with Gasteiger partial charge in [-0.15, -0.1) is 0 Å². The third-order valence-electron chi connectivity index (χ3n) is 3.41. The molecule has 1 aromatic heterocycles. The highest BCUT2D eigenvalue weighted by atomic mass is 16.1. The van der Waals surface area contributed by atoms with Crippen LogP contribution in [0, 0.1) is 11.8 Å². The van der Waals surface area contributed by atoms with Crippen molar-refractivity contribution in [3.8, 4) is 0 Å². The lowest BCUT2D eigenvalue weighted by atomic mass is 10.1. The molecular formula is C14H21N3O. The van der Waals surface area contributed by atoms with Crippen LogP contribution >= 0.6 is 0 Å². The predicted molar refractivity (Wildman–Crippen MR) is 72.6 cm³/mol. The van der Waals surface area contributed by atoms with Crippen molar-refractivity contribution in [3.05, 3.63) is 23.9 Å². The molecule has 1 fully saturated rings. The number of nitrogens with zero attached hydrogens (tertiary/aromatic N) is 1. The Hall–Kier alpha value is -1.58. The van der Waals surface area contributed by atoms with Gasteiger partial charge in [-0.1, -0.05) is 6.92 Å². The van der Waals surface area contributed by atoms with Crippen molar-refractivity contribution in [3.63, 3.8) is 0 Å². The summed E-state index contributed by atoms with van der Waals surface area (Å²) in [6, 6.07) is 3.60. The second-order valence-corrected chi connectivity index (χ2v) is 4.95. The highest BCUT2D eigenvalue weighted by Gasteiger charge is 2.28. The maximum Gasteiger partial charge on any atom is 0.255 e. The van der Waals surface area contributed by atoms with Crippen molar-refractivity contribution in [2.45, 2.75) is 26.7 Å². The lowest BCUT2D eigenvalue weighted by molar-refractivity contribution is 0.0947. The molecule has 0 aliphatic heterocycles. The van der Waals surface area contributed by atoms with Crippen molar-refractivity contribution >= 4 is 11.7 Å². The van der Waals surface area contributed by atoms with E-state index in [1.165, 1.54) is 12.8 Å². The van der Waals surface area contributed by atoms with Crippen molar-refractivity contribution < 1.29 is 4.79 Å². The lowest BCUT2D eigenvalue weighted by Crippen LogP contribution is -2.29. The third kappa shape index (κ3) is 3.22. The first-order chi connectivity index (χ1) is 8.72. The zero-order valence-electron chi connectivity index (χ0n) is 11.1. The molecule has 1 aromatic rings. The fraction of sp³-hybridized carbons (Fsp3) is 0.571.